The molecule has 1 heterocycles. The topological polar surface area (TPSA) is 94.3 Å². The molecule has 1 N–H and O–H groups in total. The van der Waals surface area contributed by atoms with Crippen LogP contribution in [0.2, 0.25) is 0 Å². The van der Waals surface area contributed by atoms with Crippen molar-refractivity contribution in [1.29, 1.82) is 0 Å². The van der Waals surface area contributed by atoms with Gasteiger partial charge >= 0.3 is 5.97 Å². The molecule has 36 heavy (non-hydrogen) atoms. The van der Waals surface area contributed by atoms with Gasteiger partial charge in [-0.25, -0.2) is 4.79 Å². The molecule has 0 aliphatic heterocycles. The molecule has 0 saturated heterocycles. The van der Waals surface area contributed by atoms with Crippen LogP contribution in [0.1, 0.15) is 5.56 Å². The molecular formula is C27H28N2NaO6. The van der Waals surface area contributed by atoms with Gasteiger partial charge in [-0.3, -0.25) is 0 Å². The number of anilines is 1. The Hall–Kier alpha value is -3.04. The summed E-state index contributed by atoms with van der Waals surface area (Å²) in [5.41, 5.74) is 2.41. The SMILES string of the molecule is CN(CCOc1ccc(CC(OCCOc2ccccc2)C(=O)O)cc1)c1nc2ccccc2o1.[Na]. The van der Waals surface area contributed by atoms with Crippen LogP contribution in [0, 0.1) is 0 Å². The number of rotatable bonds is 13. The molecule has 3 aromatic carbocycles. The monoisotopic (exact) mass is 499 g/mol. The van der Waals surface area contributed by atoms with Crippen LogP contribution >= 0.6 is 0 Å². The molecule has 9 heteroatoms. The molecule has 0 fully saturated rings. The van der Waals surface area contributed by atoms with Gasteiger partial charge in [-0.1, -0.05) is 42.5 Å². The number of para-hydroxylation sites is 3. The van der Waals surface area contributed by atoms with E-state index in [1.54, 1.807) is 0 Å². The van der Waals surface area contributed by atoms with Gasteiger partial charge in [0.15, 0.2) is 11.7 Å². The third-order valence-corrected chi connectivity index (χ3v) is 5.34. The Morgan fingerprint density at radius 3 is 2.31 bits per heavy atom. The van der Waals surface area contributed by atoms with Crippen LogP contribution in [0.25, 0.3) is 11.1 Å². The van der Waals surface area contributed by atoms with Gasteiger partial charge in [0.1, 0.15) is 30.2 Å². The number of aromatic nitrogens is 1. The average molecular weight is 500 g/mol. The number of nitrogens with zero attached hydrogens (tertiary/aromatic N) is 2. The van der Waals surface area contributed by atoms with E-state index < -0.39 is 12.1 Å². The first-order valence-electron chi connectivity index (χ1n) is 11.4. The van der Waals surface area contributed by atoms with Gasteiger partial charge in [-0.15, -0.1) is 0 Å². The molecule has 4 aromatic rings. The maximum atomic E-state index is 11.6. The summed E-state index contributed by atoms with van der Waals surface area (Å²) in [6, 6.07) is 24.8. The molecule has 0 amide bonds. The van der Waals surface area contributed by atoms with Crippen LogP contribution in [0.4, 0.5) is 6.01 Å². The molecule has 183 valence electrons. The minimum absolute atomic E-state index is 0. The summed E-state index contributed by atoms with van der Waals surface area (Å²) < 4.78 is 22.7. The molecule has 1 aromatic heterocycles. The van der Waals surface area contributed by atoms with E-state index in [-0.39, 0.29) is 49.2 Å². The van der Waals surface area contributed by atoms with Crippen molar-refractivity contribution in [2.45, 2.75) is 12.5 Å². The molecule has 8 nitrogen and oxygen atoms in total. The number of likely N-dealkylation sites (N-methyl/N-ethyl adjacent to an activating group) is 1. The van der Waals surface area contributed by atoms with Crippen molar-refractivity contribution in [2.75, 3.05) is 38.3 Å². The van der Waals surface area contributed by atoms with Crippen molar-refractivity contribution < 1.29 is 28.5 Å². The van der Waals surface area contributed by atoms with Crippen LogP contribution in [0.5, 0.6) is 11.5 Å². The van der Waals surface area contributed by atoms with Crippen molar-refractivity contribution in [2.24, 2.45) is 0 Å². The van der Waals surface area contributed by atoms with E-state index in [1.165, 1.54) is 0 Å². The molecule has 0 bridgehead atoms. The molecule has 4 rings (SSSR count). The van der Waals surface area contributed by atoms with E-state index in [4.69, 9.17) is 18.6 Å². The van der Waals surface area contributed by atoms with Crippen LogP contribution in [0.3, 0.4) is 0 Å². The zero-order chi connectivity index (χ0) is 24.5. The third kappa shape index (κ3) is 7.99. The summed E-state index contributed by atoms with van der Waals surface area (Å²) in [5.74, 6) is 0.412. The number of oxazole rings is 1. The first-order chi connectivity index (χ1) is 17.1. The van der Waals surface area contributed by atoms with Crippen LogP contribution in [-0.4, -0.2) is 85.1 Å². The van der Waals surface area contributed by atoms with E-state index in [0.717, 1.165) is 22.4 Å². The Labute approximate surface area is 232 Å². The Morgan fingerprint density at radius 1 is 0.917 bits per heavy atom. The van der Waals surface area contributed by atoms with E-state index >= 15 is 0 Å². The minimum Gasteiger partial charge on any atom is -0.492 e. The predicted octanol–water partition coefficient (Wildman–Crippen LogP) is 4.05. The maximum Gasteiger partial charge on any atom is 0.333 e. The summed E-state index contributed by atoms with van der Waals surface area (Å²) in [6.45, 7) is 1.49. The predicted molar refractivity (Wildman–Crippen MR) is 138 cm³/mol. The van der Waals surface area contributed by atoms with Crippen molar-refractivity contribution in [1.82, 2.24) is 4.98 Å². The summed E-state index contributed by atoms with van der Waals surface area (Å²) in [4.78, 5) is 18.0. The number of ether oxygens (including phenoxy) is 3. The van der Waals surface area contributed by atoms with E-state index in [1.807, 2.05) is 90.8 Å². The van der Waals surface area contributed by atoms with Crippen molar-refractivity contribution in [3.8, 4) is 11.5 Å². The Bertz CT molecular complexity index is 1180. The Kier molecular flexibility index (Phi) is 10.6. The van der Waals surface area contributed by atoms with Crippen molar-refractivity contribution in [3.05, 3.63) is 84.4 Å². The molecular weight excluding hydrogens is 471 g/mol. The van der Waals surface area contributed by atoms with E-state index in [9.17, 15) is 9.90 Å². The van der Waals surface area contributed by atoms with Gasteiger partial charge < -0.3 is 28.6 Å². The van der Waals surface area contributed by atoms with Crippen LogP contribution < -0.4 is 14.4 Å². The number of hydrogen-bond acceptors (Lipinski definition) is 7. The molecule has 0 aliphatic carbocycles. The van der Waals surface area contributed by atoms with Crippen LogP contribution in [-0.2, 0) is 16.0 Å². The molecule has 0 aliphatic rings. The molecule has 1 unspecified atom stereocenters. The second-order valence-electron chi connectivity index (χ2n) is 7.94. The van der Waals surface area contributed by atoms with Gasteiger partial charge in [-0.2, -0.15) is 4.98 Å². The number of carboxylic acids is 1. The fraction of sp³-hybridized carbons (Fsp3) is 0.259. The van der Waals surface area contributed by atoms with E-state index in [2.05, 4.69) is 4.98 Å². The van der Waals surface area contributed by atoms with Gasteiger partial charge in [-0.05, 0) is 42.0 Å². The van der Waals surface area contributed by atoms with Gasteiger partial charge in [0.05, 0.1) is 13.2 Å². The summed E-state index contributed by atoms with van der Waals surface area (Å²) in [5, 5.41) is 9.51. The molecule has 0 spiro atoms. The number of benzene rings is 3. The largest absolute Gasteiger partial charge is 0.492 e. The average Bonchev–Trinajstić information content (AvgIpc) is 3.32. The number of carboxylic acid groups (broad SMARTS) is 1. The smallest absolute Gasteiger partial charge is 0.333 e. The fourth-order valence-electron chi connectivity index (χ4n) is 3.44. The van der Waals surface area contributed by atoms with Crippen LogP contribution in [0.15, 0.2) is 83.3 Å². The normalized spacial score (nSPS) is 11.5. The van der Waals surface area contributed by atoms with Gasteiger partial charge in [0.25, 0.3) is 6.01 Å². The van der Waals surface area contributed by atoms with E-state index in [0.29, 0.717) is 24.9 Å². The van der Waals surface area contributed by atoms with Gasteiger partial charge in [0, 0.05) is 43.0 Å². The summed E-state index contributed by atoms with van der Waals surface area (Å²) >= 11 is 0. The number of hydrogen-bond donors (Lipinski definition) is 1. The fourth-order valence-corrected chi connectivity index (χ4v) is 3.44. The first-order valence-corrected chi connectivity index (χ1v) is 11.4. The quantitative estimate of drug-likeness (QED) is 0.218. The van der Waals surface area contributed by atoms with Crippen molar-refractivity contribution in [3.63, 3.8) is 0 Å². The third-order valence-electron chi connectivity index (χ3n) is 5.34. The Balaban J connectivity index is 0.00000361. The number of aliphatic carboxylic acids is 1. The number of fused-ring (bicyclic) bond motifs is 1. The number of carbonyl (C=O) groups is 1. The standard InChI is InChI=1S/C27H28N2O6.Na/c1-29(27-28-23-9-5-6-10-24(23)35-27)15-16-32-22-13-11-20(12-14-22)19-25(26(30)31)34-18-17-33-21-7-3-2-4-8-21;/h2-14,25H,15-19H2,1H3,(H,30,31);. The maximum absolute atomic E-state index is 11.6. The second kappa shape index (κ2) is 13.9. The molecule has 0 saturated carbocycles. The zero-order valence-electron chi connectivity index (χ0n) is 20.5. The molecule has 1 radical (unpaired) electrons. The summed E-state index contributed by atoms with van der Waals surface area (Å²) in [7, 11) is 1.90. The zero-order valence-corrected chi connectivity index (χ0v) is 22.5. The Morgan fingerprint density at radius 2 is 1.58 bits per heavy atom. The molecule has 1 atom stereocenters. The van der Waals surface area contributed by atoms with Gasteiger partial charge in [0.2, 0.25) is 0 Å². The second-order valence-corrected chi connectivity index (χ2v) is 7.94. The summed E-state index contributed by atoms with van der Waals surface area (Å²) in [6.07, 6.45) is -0.701. The van der Waals surface area contributed by atoms with Crippen molar-refractivity contribution >= 4 is 52.6 Å². The first kappa shape index (κ1) is 27.5. The minimum atomic E-state index is -1.01.